The molecule has 86 valence electrons. The Hall–Kier alpha value is -0.570. The van der Waals surface area contributed by atoms with E-state index in [4.69, 9.17) is 5.73 Å². The highest BCUT2D eigenvalue weighted by Gasteiger charge is 2.41. The molecule has 2 fully saturated rings. The van der Waals surface area contributed by atoms with Gasteiger partial charge in [0.05, 0.1) is 0 Å². The van der Waals surface area contributed by atoms with Crippen molar-refractivity contribution >= 4 is 5.91 Å². The minimum atomic E-state index is 0.119. The quantitative estimate of drug-likeness (QED) is 0.740. The summed E-state index contributed by atoms with van der Waals surface area (Å²) in [4.78, 5) is 12.1. The molecular formula is C12H22N2O. The number of amides is 1. The number of hydrogen-bond donors (Lipinski definition) is 2. The van der Waals surface area contributed by atoms with Crippen LogP contribution in [0.2, 0.25) is 0 Å². The van der Waals surface area contributed by atoms with E-state index < -0.39 is 0 Å². The first-order valence-electron chi connectivity index (χ1n) is 6.17. The van der Waals surface area contributed by atoms with Crippen molar-refractivity contribution in [1.82, 2.24) is 5.32 Å². The SMILES string of the molecule is CC1(NC(=O)C2CCCCC2CN)CC1. The lowest BCUT2D eigenvalue weighted by atomic mass is 9.78. The summed E-state index contributed by atoms with van der Waals surface area (Å²) in [6.07, 6.45) is 6.86. The van der Waals surface area contributed by atoms with Crippen LogP contribution in [0.5, 0.6) is 0 Å². The van der Waals surface area contributed by atoms with Gasteiger partial charge >= 0.3 is 0 Å². The molecule has 3 N–H and O–H groups in total. The van der Waals surface area contributed by atoms with Gasteiger partial charge in [-0.1, -0.05) is 12.8 Å². The summed E-state index contributed by atoms with van der Waals surface area (Å²) >= 11 is 0. The van der Waals surface area contributed by atoms with Crippen LogP contribution in [0.4, 0.5) is 0 Å². The van der Waals surface area contributed by atoms with Crippen LogP contribution in [-0.4, -0.2) is 18.0 Å². The van der Waals surface area contributed by atoms with Gasteiger partial charge in [-0.05, 0) is 45.1 Å². The molecule has 0 aromatic carbocycles. The molecular weight excluding hydrogens is 188 g/mol. The third-order valence-electron chi connectivity index (χ3n) is 3.97. The van der Waals surface area contributed by atoms with Crippen LogP contribution in [0.3, 0.4) is 0 Å². The second-order valence-corrected chi connectivity index (χ2v) is 5.44. The Morgan fingerprint density at radius 3 is 2.67 bits per heavy atom. The van der Waals surface area contributed by atoms with Gasteiger partial charge in [-0.3, -0.25) is 4.79 Å². The van der Waals surface area contributed by atoms with Gasteiger partial charge in [0, 0.05) is 11.5 Å². The Kier molecular flexibility index (Phi) is 3.01. The standard InChI is InChI=1S/C12H22N2O/c1-12(6-7-12)14-11(15)10-5-3-2-4-9(10)8-13/h9-10H,2-8,13H2,1H3,(H,14,15). The van der Waals surface area contributed by atoms with Gasteiger partial charge in [0.25, 0.3) is 0 Å². The number of rotatable bonds is 3. The van der Waals surface area contributed by atoms with Crippen LogP contribution in [0, 0.1) is 11.8 Å². The molecule has 3 nitrogen and oxygen atoms in total. The zero-order valence-electron chi connectivity index (χ0n) is 9.59. The molecule has 0 radical (unpaired) electrons. The van der Waals surface area contributed by atoms with E-state index in [1.54, 1.807) is 0 Å². The average Bonchev–Trinajstić information content (AvgIpc) is 2.96. The van der Waals surface area contributed by atoms with E-state index in [0.29, 0.717) is 12.5 Å². The smallest absolute Gasteiger partial charge is 0.223 e. The van der Waals surface area contributed by atoms with Crippen LogP contribution in [0.1, 0.15) is 45.4 Å². The maximum Gasteiger partial charge on any atom is 0.223 e. The number of hydrogen-bond acceptors (Lipinski definition) is 2. The lowest BCUT2D eigenvalue weighted by Gasteiger charge is -2.30. The van der Waals surface area contributed by atoms with Gasteiger partial charge in [-0.15, -0.1) is 0 Å². The fourth-order valence-electron chi connectivity index (χ4n) is 2.54. The molecule has 2 rings (SSSR count). The maximum atomic E-state index is 12.1. The summed E-state index contributed by atoms with van der Waals surface area (Å²) in [5.41, 5.74) is 5.85. The number of nitrogens with two attached hydrogens (primary N) is 1. The van der Waals surface area contributed by atoms with Crippen molar-refractivity contribution in [2.45, 2.75) is 51.0 Å². The molecule has 0 spiro atoms. The molecule has 2 saturated carbocycles. The fraction of sp³-hybridized carbons (Fsp3) is 0.917. The summed E-state index contributed by atoms with van der Waals surface area (Å²) in [6, 6.07) is 0. The van der Waals surface area contributed by atoms with E-state index in [1.165, 1.54) is 12.8 Å². The molecule has 1 amide bonds. The lowest BCUT2D eigenvalue weighted by Crippen LogP contribution is -2.43. The Morgan fingerprint density at radius 2 is 2.07 bits per heavy atom. The van der Waals surface area contributed by atoms with Crippen LogP contribution >= 0.6 is 0 Å². The number of carbonyl (C=O) groups is 1. The molecule has 0 aromatic rings. The summed E-state index contributed by atoms with van der Waals surface area (Å²) in [7, 11) is 0. The molecule has 2 aliphatic carbocycles. The first kappa shape index (κ1) is 10.9. The molecule has 15 heavy (non-hydrogen) atoms. The van der Waals surface area contributed by atoms with Crippen LogP contribution in [0.25, 0.3) is 0 Å². The second kappa shape index (κ2) is 4.12. The zero-order valence-corrected chi connectivity index (χ0v) is 9.59. The zero-order chi connectivity index (χ0) is 10.9. The lowest BCUT2D eigenvalue weighted by molar-refractivity contribution is -0.128. The van der Waals surface area contributed by atoms with Crippen molar-refractivity contribution < 1.29 is 4.79 Å². The summed E-state index contributed by atoms with van der Waals surface area (Å²) in [5.74, 6) is 0.854. The topological polar surface area (TPSA) is 55.1 Å². The van der Waals surface area contributed by atoms with Gasteiger partial charge in [0.15, 0.2) is 0 Å². The normalized spacial score (nSPS) is 33.5. The predicted octanol–water partition coefficient (Wildman–Crippen LogP) is 1.42. The summed E-state index contributed by atoms with van der Waals surface area (Å²) in [6.45, 7) is 2.79. The fourth-order valence-corrected chi connectivity index (χ4v) is 2.54. The Bertz CT molecular complexity index is 248. The molecule has 2 unspecified atom stereocenters. The van der Waals surface area contributed by atoms with Gasteiger partial charge in [-0.25, -0.2) is 0 Å². The first-order chi connectivity index (χ1) is 7.14. The van der Waals surface area contributed by atoms with Crippen molar-refractivity contribution in [2.24, 2.45) is 17.6 Å². The molecule has 0 bridgehead atoms. The molecule has 0 heterocycles. The Morgan fingerprint density at radius 1 is 1.40 bits per heavy atom. The largest absolute Gasteiger partial charge is 0.351 e. The highest BCUT2D eigenvalue weighted by molar-refractivity contribution is 5.80. The predicted molar refractivity (Wildman–Crippen MR) is 60.3 cm³/mol. The van der Waals surface area contributed by atoms with Crippen molar-refractivity contribution in [3.05, 3.63) is 0 Å². The van der Waals surface area contributed by atoms with Crippen molar-refractivity contribution in [3.63, 3.8) is 0 Å². The highest BCUT2D eigenvalue weighted by atomic mass is 16.2. The van der Waals surface area contributed by atoms with E-state index >= 15 is 0 Å². The van der Waals surface area contributed by atoms with E-state index in [-0.39, 0.29) is 17.4 Å². The van der Waals surface area contributed by atoms with E-state index in [9.17, 15) is 4.79 Å². The van der Waals surface area contributed by atoms with E-state index in [1.807, 2.05) is 0 Å². The third kappa shape index (κ3) is 2.51. The minimum Gasteiger partial charge on any atom is -0.351 e. The van der Waals surface area contributed by atoms with Crippen LogP contribution in [-0.2, 0) is 4.79 Å². The Labute approximate surface area is 91.8 Å². The van der Waals surface area contributed by atoms with Gasteiger partial charge in [-0.2, -0.15) is 0 Å². The first-order valence-corrected chi connectivity index (χ1v) is 6.17. The summed E-state index contributed by atoms with van der Waals surface area (Å²) < 4.78 is 0. The van der Waals surface area contributed by atoms with Gasteiger partial charge in [0.1, 0.15) is 0 Å². The number of nitrogens with one attached hydrogen (secondary N) is 1. The maximum absolute atomic E-state index is 12.1. The van der Waals surface area contributed by atoms with E-state index in [2.05, 4.69) is 12.2 Å². The average molecular weight is 210 g/mol. The Balaban J connectivity index is 1.91. The van der Waals surface area contributed by atoms with Gasteiger partial charge in [0.2, 0.25) is 5.91 Å². The molecule has 0 aromatic heterocycles. The molecule has 2 atom stereocenters. The van der Waals surface area contributed by atoms with Crippen molar-refractivity contribution in [1.29, 1.82) is 0 Å². The van der Waals surface area contributed by atoms with Gasteiger partial charge < -0.3 is 11.1 Å². The minimum absolute atomic E-state index is 0.119. The second-order valence-electron chi connectivity index (χ2n) is 5.44. The molecule has 0 saturated heterocycles. The third-order valence-corrected chi connectivity index (χ3v) is 3.97. The van der Waals surface area contributed by atoms with Crippen molar-refractivity contribution in [3.8, 4) is 0 Å². The molecule has 3 heteroatoms. The van der Waals surface area contributed by atoms with Crippen LogP contribution < -0.4 is 11.1 Å². The van der Waals surface area contributed by atoms with E-state index in [0.717, 1.165) is 25.7 Å². The van der Waals surface area contributed by atoms with Crippen LogP contribution in [0.15, 0.2) is 0 Å². The monoisotopic (exact) mass is 210 g/mol. The number of carbonyl (C=O) groups excluding carboxylic acids is 1. The summed E-state index contributed by atoms with van der Waals surface area (Å²) in [5, 5.41) is 3.17. The molecule has 2 aliphatic rings. The highest BCUT2D eigenvalue weighted by Crippen LogP contribution is 2.36. The molecule has 0 aliphatic heterocycles. The van der Waals surface area contributed by atoms with Crippen molar-refractivity contribution in [2.75, 3.05) is 6.54 Å².